The Morgan fingerprint density at radius 1 is 1.25 bits per heavy atom. The molecular formula is C12H16ClN5O2. The summed E-state index contributed by atoms with van der Waals surface area (Å²) in [5.74, 6) is -0.630. The smallest absolute Gasteiger partial charge is 0.335 e. The normalized spacial score (nSPS) is 16.8. The van der Waals surface area contributed by atoms with Gasteiger partial charge in [0.05, 0.1) is 5.56 Å². The van der Waals surface area contributed by atoms with Gasteiger partial charge < -0.3 is 16.6 Å². The largest absolute Gasteiger partial charge is 0.478 e. The average Bonchev–Trinajstić information content (AvgIpc) is 2.26. The Kier molecular flexibility index (Phi) is 4.24. The Balaban J connectivity index is 0.00000200. The van der Waals surface area contributed by atoms with E-state index in [1.807, 2.05) is 13.8 Å². The van der Waals surface area contributed by atoms with Crippen molar-refractivity contribution in [2.75, 3.05) is 4.90 Å². The van der Waals surface area contributed by atoms with Crippen molar-refractivity contribution in [3.63, 3.8) is 0 Å². The van der Waals surface area contributed by atoms with Gasteiger partial charge in [0.25, 0.3) is 0 Å². The molecule has 0 bridgehead atoms. The highest BCUT2D eigenvalue weighted by atomic mass is 35.5. The molecule has 0 aliphatic carbocycles. The minimum absolute atomic E-state index is 0. The summed E-state index contributed by atoms with van der Waals surface area (Å²) < 4.78 is 0. The van der Waals surface area contributed by atoms with E-state index in [9.17, 15) is 4.79 Å². The van der Waals surface area contributed by atoms with Crippen LogP contribution in [0.4, 0.5) is 5.69 Å². The zero-order valence-electron chi connectivity index (χ0n) is 11.1. The molecule has 0 aromatic heterocycles. The zero-order valence-corrected chi connectivity index (χ0v) is 11.9. The van der Waals surface area contributed by atoms with Gasteiger partial charge in [-0.2, -0.15) is 4.99 Å². The number of carboxylic acid groups (broad SMARTS) is 1. The molecule has 0 spiro atoms. The first-order valence-corrected chi connectivity index (χ1v) is 5.64. The first kappa shape index (κ1) is 15.8. The van der Waals surface area contributed by atoms with Gasteiger partial charge in [-0.1, -0.05) is 0 Å². The summed E-state index contributed by atoms with van der Waals surface area (Å²) in [5, 5.41) is 8.88. The molecule has 0 radical (unpaired) electrons. The lowest BCUT2D eigenvalue weighted by atomic mass is 10.1. The number of nitrogens with zero attached hydrogens (tertiary/aromatic N) is 3. The molecule has 1 aromatic rings. The van der Waals surface area contributed by atoms with Crippen LogP contribution in [0.5, 0.6) is 0 Å². The number of hydrogen-bond donors (Lipinski definition) is 3. The monoisotopic (exact) mass is 297 g/mol. The topological polar surface area (TPSA) is 117 Å². The summed E-state index contributed by atoms with van der Waals surface area (Å²) in [6.45, 7) is 3.68. The van der Waals surface area contributed by atoms with E-state index in [4.69, 9.17) is 16.6 Å². The Morgan fingerprint density at radius 3 is 2.25 bits per heavy atom. The van der Waals surface area contributed by atoms with Gasteiger partial charge in [0.15, 0.2) is 0 Å². The highest BCUT2D eigenvalue weighted by Crippen LogP contribution is 2.27. The van der Waals surface area contributed by atoms with Crippen molar-refractivity contribution in [1.29, 1.82) is 0 Å². The van der Waals surface area contributed by atoms with E-state index < -0.39 is 11.6 Å². The molecule has 7 nitrogen and oxygen atoms in total. The summed E-state index contributed by atoms with van der Waals surface area (Å²) in [7, 11) is 0. The fourth-order valence-electron chi connectivity index (χ4n) is 2.00. The van der Waals surface area contributed by atoms with Crippen LogP contribution < -0.4 is 16.4 Å². The van der Waals surface area contributed by atoms with Gasteiger partial charge in [0.2, 0.25) is 11.9 Å². The lowest BCUT2D eigenvalue weighted by molar-refractivity contribution is 0.0697. The fraction of sp³-hybridized carbons (Fsp3) is 0.250. The lowest BCUT2D eigenvalue weighted by Crippen LogP contribution is -2.54. The molecule has 0 saturated carbocycles. The Bertz CT molecular complexity index is 580. The molecule has 1 aliphatic rings. The van der Waals surface area contributed by atoms with Crippen molar-refractivity contribution in [3.05, 3.63) is 29.8 Å². The molecule has 0 amide bonds. The number of benzene rings is 1. The summed E-state index contributed by atoms with van der Waals surface area (Å²) in [5.41, 5.74) is 11.7. The third-order valence-electron chi connectivity index (χ3n) is 2.77. The summed E-state index contributed by atoms with van der Waals surface area (Å²) in [6.07, 6.45) is 0. The van der Waals surface area contributed by atoms with Crippen LogP contribution in [0, 0.1) is 0 Å². The van der Waals surface area contributed by atoms with Crippen LogP contribution in [0.25, 0.3) is 0 Å². The van der Waals surface area contributed by atoms with Crippen LogP contribution in [0.1, 0.15) is 24.2 Å². The summed E-state index contributed by atoms with van der Waals surface area (Å²) in [6, 6.07) is 6.32. The molecule has 0 saturated heterocycles. The molecule has 5 N–H and O–H groups in total. The highest BCUT2D eigenvalue weighted by Gasteiger charge is 2.32. The van der Waals surface area contributed by atoms with E-state index in [1.54, 1.807) is 17.0 Å². The van der Waals surface area contributed by atoms with E-state index in [0.717, 1.165) is 0 Å². The van der Waals surface area contributed by atoms with Crippen LogP contribution in [0.2, 0.25) is 0 Å². The maximum Gasteiger partial charge on any atom is 0.335 e. The van der Waals surface area contributed by atoms with Crippen molar-refractivity contribution in [2.24, 2.45) is 21.5 Å². The second kappa shape index (κ2) is 5.38. The number of rotatable bonds is 2. The number of guanidine groups is 2. The third kappa shape index (κ3) is 2.83. The van der Waals surface area contributed by atoms with Gasteiger partial charge in [-0.3, -0.25) is 4.90 Å². The van der Waals surface area contributed by atoms with Crippen molar-refractivity contribution >= 4 is 36.0 Å². The standard InChI is InChI=1S/C12H15N5O2.ClH/c1-12(2)16-10(13)15-11(14)17(12)8-5-3-7(4-6-8)9(18)19;/h3-6H,1-2H3,(H,18,19)(H4,13,14,15,16);1H. The Labute approximate surface area is 122 Å². The fourth-order valence-corrected chi connectivity index (χ4v) is 2.00. The highest BCUT2D eigenvalue weighted by molar-refractivity contribution is 6.05. The molecule has 0 unspecified atom stereocenters. The molecule has 1 aliphatic heterocycles. The predicted molar refractivity (Wildman–Crippen MR) is 80.5 cm³/mol. The van der Waals surface area contributed by atoms with Crippen molar-refractivity contribution in [2.45, 2.75) is 19.5 Å². The van der Waals surface area contributed by atoms with E-state index in [-0.39, 0.29) is 29.9 Å². The van der Waals surface area contributed by atoms with Crippen molar-refractivity contribution < 1.29 is 9.90 Å². The molecule has 0 fully saturated rings. The first-order chi connectivity index (χ1) is 8.81. The molecular weight excluding hydrogens is 282 g/mol. The quantitative estimate of drug-likeness (QED) is 0.752. The SMILES string of the molecule is CC1(C)N=C(N)N=C(N)N1c1ccc(C(=O)O)cc1.Cl. The van der Waals surface area contributed by atoms with Gasteiger partial charge in [-0.15, -0.1) is 12.4 Å². The number of anilines is 1. The predicted octanol–water partition coefficient (Wildman–Crippen LogP) is 0.992. The number of aliphatic imine (C=N–C) groups is 2. The molecule has 2 rings (SSSR count). The Morgan fingerprint density at radius 2 is 1.80 bits per heavy atom. The number of halogens is 1. The summed E-state index contributed by atoms with van der Waals surface area (Å²) >= 11 is 0. The maximum atomic E-state index is 10.8. The van der Waals surface area contributed by atoms with Crippen LogP contribution in [-0.2, 0) is 0 Å². The molecule has 0 atom stereocenters. The first-order valence-electron chi connectivity index (χ1n) is 5.64. The minimum Gasteiger partial charge on any atom is -0.478 e. The van der Waals surface area contributed by atoms with Crippen molar-refractivity contribution in [1.82, 2.24) is 0 Å². The number of carboxylic acids is 1. The average molecular weight is 298 g/mol. The minimum atomic E-state index is -0.978. The second-order valence-corrected chi connectivity index (χ2v) is 4.62. The Hall–Kier alpha value is -2.28. The molecule has 8 heteroatoms. The van der Waals surface area contributed by atoms with Crippen molar-refractivity contribution in [3.8, 4) is 0 Å². The molecule has 1 aromatic carbocycles. The number of aromatic carboxylic acids is 1. The van der Waals surface area contributed by atoms with E-state index >= 15 is 0 Å². The molecule has 108 valence electrons. The number of carbonyl (C=O) groups is 1. The van der Waals surface area contributed by atoms with E-state index in [0.29, 0.717) is 5.69 Å². The maximum absolute atomic E-state index is 10.8. The van der Waals surface area contributed by atoms with Gasteiger partial charge in [0.1, 0.15) is 5.66 Å². The van der Waals surface area contributed by atoms with Gasteiger partial charge in [-0.25, -0.2) is 9.79 Å². The number of nitrogens with two attached hydrogens (primary N) is 2. The van der Waals surface area contributed by atoms with E-state index in [2.05, 4.69) is 9.98 Å². The van der Waals surface area contributed by atoms with Crippen LogP contribution >= 0.6 is 12.4 Å². The van der Waals surface area contributed by atoms with E-state index in [1.165, 1.54) is 12.1 Å². The molecule has 1 heterocycles. The van der Waals surface area contributed by atoms with Gasteiger partial charge >= 0.3 is 5.97 Å². The van der Waals surface area contributed by atoms with Crippen LogP contribution in [-0.4, -0.2) is 28.7 Å². The van der Waals surface area contributed by atoms with Gasteiger partial charge in [-0.05, 0) is 38.1 Å². The number of hydrogen-bond acceptors (Lipinski definition) is 6. The zero-order chi connectivity index (χ0) is 14.2. The van der Waals surface area contributed by atoms with Crippen LogP contribution in [0.3, 0.4) is 0 Å². The summed E-state index contributed by atoms with van der Waals surface area (Å²) in [4.78, 5) is 20.7. The second-order valence-electron chi connectivity index (χ2n) is 4.62. The lowest BCUT2D eigenvalue weighted by Gasteiger charge is -2.38. The molecule has 20 heavy (non-hydrogen) atoms. The third-order valence-corrected chi connectivity index (χ3v) is 2.77. The van der Waals surface area contributed by atoms with Gasteiger partial charge in [0, 0.05) is 5.69 Å². The van der Waals surface area contributed by atoms with Crippen LogP contribution in [0.15, 0.2) is 34.3 Å².